The van der Waals surface area contributed by atoms with Crippen LogP contribution in [0.4, 0.5) is 0 Å². The van der Waals surface area contributed by atoms with E-state index in [1.165, 1.54) is 6.21 Å². The van der Waals surface area contributed by atoms with Gasteiger partial charge in [0.25, 0.3) is 0 Å². The van der Waals surface area contributed by atoms with E-state index < -0.39 is 6.10 Å². The average Bonchev–Trinajstić information content (AvgIpc) is 2.04. The summed E-state index contributed by atoms with van der Waals surface area (Å²) < 4.78 is 0. The monoisotopic (exact) mass is 167 g/mol. The minimum Gasteiger partial charge on any atom is -0.388 e. The second-order valence-electron chi connectivity index (χ2n) is 2.98. The molecule has 2 nitrogen and oxygen atoms in total. The minimum atomic E-state index is -0.502. The lowest BCUT2D eigenvalue weighted by Crippen LogP contribution is -2.08. The Morgan fingerprint density at radius 2 is 2.00 bits per heavy atom. The van der Waals surface area contributed by atoms with Gasteiger partial charge in [0.05, 0.1) is 6.10 Å². The molecule has 68 valence electrons. The molecule has 0 aliphatic rings. The fourth-order valence-corrected chi connectivity index (χ4v) is 0.754. The van der Waals surface area contributed by atoms with Gasteiger partial charge in [0.1, 0.15) is 0 Å². The zero-order valence-corrected chi connectivity index (χ0v) is 7.96. The SMILES string of the molecule is CCC(O)/C(C=N)=C/C=C(C)C. The van der Waals surface area contributed by atoms with Crippen molar-refractivity contribution < 1.29 is 5.11 Å². The van der Waals surface area contributed by atoms with Crippen LogP contribution in [0.3, 0.4) is 0 Å². The summed E-state index contributed by atoms with van der Waals surface area (Å²) in [5.41, 5.74) is 1.83. The van der Waals surface area contributed by atoms with E-state index in [1.807, 2.05) is 26.8 Å². The summed E-state index contributed by atoms with van der Waals surface area (Å²) >= 11 is 0. The molecule has 0 aliphatic carbocycles. The first kappa shape index (κ1) is 11.1. The van der Waals surface area contributed by atoms with Crippen molar-refractivity contribution in [1.29, 1.82) is 5.41 Å². The van der Waals surface area contributed by atoms with Gasteiger partial charge in [0.15, 0.2) is 0 Å². The lowest BCUT2D eigenvalue weighted by atomic mass is 10.1. The molecule has 2 heteroatoms. The average molecular weight is 167 g/mol. The van der Waals surface area contributed by atoms with Crippen molar-refractivity contribution in [2.45, 2.75) is 33.3 Å². The highest BCUT2D eigenvalue weighted by Crippen LogP contribution is 2.04. The van der Waals surface area contributed by atoms with E-state index in [0.717, 1.165) is 5.57 Å². The normalized spacial score (nSPS) is 13.8. The Morgan fingerprint density at radius 1 is 1.42 bits per heavy atom. The molecule has 0 saturated heterocycles. The molecule has 2 N–H and O–H groups in total. The number of nitrogens with one attached hydrogen (secondary N) is 1. The van der Waals surface area contributed by atoms with E-state index >= 15 is 0 Å². The highest BCUT2D eigenvalue weighted by Gasteiger charge is 2.03. The van der Waals surface area contributed by atoms with Gasteiger partial charge in [0.2, 0.25) is 0 Å². The van der Waals surface area contributed by atoms with Crippen LogP contribution >= 0.6 is 0 Å². The lowest BCUT2D eigenvalue weighted by Gasteiger charge is -2.06. The summed E-state index contributed by atoms with van der Waals surface area (Å²) in [5.74, 6) is 0. The van der Waals surface area contributed by atoms with Gasteiger partial charge < -0.3 is 10.5 Å². The molecule has 12 heavy (non-hydrogen) atoms. The van der Waals surface area contributed by atoms with Crippen molar-refractivity contribution in [3.05, 3.63) is 23.3 Å². The predicted octanol–water partition coefficient (Wildman–Crippen LogP) is 2.30. The molecule has 0 aromatic heterocycles. The second-order valence-corrected chi connectivity index (χ2v) is 2.98. The number of aliphatic hydroxyl groups is 1. The second kappa shape index (κ2) is 5.72. The molecule has 0 heterocycles. The highest BCUT2D eigenvalue weighted by atomic mass is 16.3. The van der Waals surface area contributed by atoms with E-state index in [1.54, 1.807) is 6.08 Å². The molecule has 0 aliphatic heterocycles. The smallest absolute Gasteiger partial charge is 0.0802 e. The molecular weight excluding hydrogens is 150 g/mol. The number of aliphatic hydroxyl groups excluding tert-OH is 1. The third kappa shape index (κ3) is 4.09. The molecule has 0 amide bonds. The summed E-state index contributed by atoms with van der Waals surface area (Å²) in [5, 5.41) is 16.4. The van der Waals surface area contributed by atoms with Crippen molar-refractivity contribution in [3.63, 3.8) is 0 Å². The van der Waals surface area contributed by atoms with Crippen LogP contribution in [0.15, 0.2) is 23.3 Å². The van der Waals surface area contributed by atoms with E-state index in [-0.39, 0.29) is 0 Å². The first-order valence-corrected chi connectivity index (χ1v) is 4.15. The topological polar surface area (TPSA) is 44.1 Å². The first-order chi connectivity index (χ1) is 5.61. The third-order valence-electron chi connectivity index (χ3n) is 1.55. The predicted molar refractivity (Wildman–Crippen MR) is 52.6 cm³/mol. The van der Waals surface area contributed by atoms with E-state index in [9.17, 15) is 5.11 Å². The van der Waals surface area contributed by atoms with E-state index in [2.05, 4.69) is 0 Å². The first-order valence-electron chi connectivity index (χ1n) is 4.15. The van der Waals surface area contributed by atoms with Crippen molar-refractivity contribution >= 4 is 6.21 Å². The zero-order valence-electron chi connectivity index (χ0n) is 7.96. The molecule has 0 aromatic rings. The Kier molecular flexibility index (Phi) is 5.30. The molecule has 0 saturated carbocycles. The Hall–Kier alpha value is -0.890. The van der Waals surface area contributed by atoms with E-state index in [0.29, 0.717) is 12.0 Å². The van der Waals surface area contributed by atoms with Gasteiger partial charge in [-0.05, 0) is 25.8 Å². The standard InChI is InChI=1S/C10H17NO/c1-4-10(12)9(7-11)6-5-8(2)3/h5-7,10-12H,4H2,1-3H3/b9-6+,11-7?. The maximum atomic E-state index is 9.38. The number of allylic oxidation sites excluding steroid dienone is 3. The van der Waals surface area contributed by atoms with Crippen LogP contribution in [0.1, 0.15) is 27.2 Å². The Bertz CT molecular complexity index is 200. The van der Waals surface area contributed by atoms with Crippen molar-refractivity contribution in [2.75, 3.05) is 0 Å². The lowest BCUT2D eigenvalue weighted by molar-refractivity contribution is 0.213. The molecule has 0 rings (SSSR count). The molecule has 0 aromatic carbocycles. The summed E-state index contributed by atoms with van der Waals surface area (Å²) in [6, 6.07) is 0. The van der Waals surface area contributed by atoms with Gasteiger partial charge in [-0.1, -0.05) is 24.6 Å². The maximum Gasteiger partial charge on any atom is 0.0802 e. The summed E-state index contributed by atoms with van der Waals surface area (Å²) in [7, 11) is 0. The molecule has 1 unspecified atom stereocenters. The fourth-order valence-electron chi connectivity index (χ4n) is 0.754. The maximum absolute atomic E-state index is 9.38. The van der Waals surface area contributed by atoms with Crippen LogP contribution < -0.4 is 0 Å². The van der Waals surface area contributed by atoms with Gasteiger partial charge in [-0.3, -0.25) is 0 Å². The Balaban J connectivity index is 4.43. The van der Waals surface area contributed by atoms with Crippen molar-refractivity contribution in [2.24, 2.45) is 0 Å². The quantitative estimate of drug-likeness (QED) is 0.489. The molecule has 0 radical (unpaired) electrons. The molecule has 0 fully saturated rings. The van der Waals surface area contributed by atoms with Gasteiger partial charge >= 0.3 is 0 Å². The van der Waals surface area contributed by atoms with Crippen LogP contribution in [0.5, 0.6) is 0 Å². The Morgan fingerprint density at radius 3 is 2.33 bits per heavy atom. The van der Waals surface area contributed by atoms with Crippen LogP contribution in [-0.4, -0.2) is 17.4 Å². The number of hydrogen-bond donors (Lipinski definition) is 2. The van der Waals surface area contributed by atoms with Gasteiger partial charge in [-0.2, -0.15) is 0 Å². The van der Waals surface area contributed by atoms with Gasteiger partial charge in [-0.15, -0.1) is 0 Å². The molecular formula is C10H17NO. The molecule has 0 bridgehead atoms. The van der Waals surface area contributed by atoms with Gasteiger partial charge in [0, 0.05) is 6.21 Å². The summed E-state index contributed by atoms with van der Waals surface area (Å²) in [6.45, 7) is 5.86. The largest absolute Gasteiger partial charge is 0.388 e. The summed E-state index contributed by atoms with van der Waals surface area (Å²) in [4.78, 5) is 0. The minimum absolute atomic E-state index is 0.502. The zero-order chi connectivity index (χ0) is 9.56. The van der Waals surface area contributed by atoms with E-state index in [4.69, 9.17) is 5.41 Å². The molecule has 0 spiro atoms. The van der Waals surface area contributed by atoms with Crippen molar-refractivity contribution in [1.82, 2.24) is 0 Å². The van der Waals surface area contributed by atoms with Crippen LogP contribution in [0.25, 0.3) is 0 Å². The van der Waals surface area contributed by atoms with Gasteiger partial charge in [-0.25, -0.2) is 0 Å². The van der Waals surface area contributed by atoms with Crippen molar-refractivity contribution in [3.8, 4) is 0 Å². The molecule has 1 atom stereocenters. The number of rotatable bonds is 4. The number of hydrogen-bond acceptors (Lipinski definition) is 2. The fraction of sp³-hybridized carbons (Fsp3) is 0.500. The summed E-state index contributed by atoms with van der Waals surface area (Å²) in [6.07, 6.45) is 5.04. The highest BCUT2D eigenvalue weighted by molar-refractivity contribution is 5.77. The van der Waals surface area contributed by atoms with Crippen LogP contribution in [0, 0.1) is 5.41 Å². The Labute approximate surface area is 74.1 Å². The third-order valence-corrected chi connectivity index (χ3v) is 1.55. The van der Waals surface area contributed by atoms with Crippen LogP contribution in [0.2, 0.25) is 0 Å². The van der Waals surface area contributed by atoms with Crippen LogP contribution in [-0.2, 0) is 0 Å².